The lowest BCUT2D eigenvalue weighted by atomic mass is 9.98. The molecule has 9 heteroatoms. The average Bonchev–Trinajstić information content (AvgIpc) is 3.55. The molecule has 1 atom stereocenters. The summed E-state index contributed by atoms with van der Waals surface area (Å²) in [6.45, 7) is -0.0809. The monoisotopic (exact) mass is 489 g/mol. The Kier molecular flexibility index (Phi) is 6.28. The van der Waals surface area contributed by atoms with Gasteiger partial charge in [-0.15, -0.1) is 0 Å². The molecule has 8 nitrogen and oxygen atoms in total. The Balaban J connectivity index is 1.41. The molecule has 0 radical (unpaired) electrons. The van der Waals surface area contributed by atoms with Crippen molar-refractivity contribution >= 4 is 17.5 Å². The van der Waals surface area contributed by atoms with Crippen molar-refractivity contribution in [3.05, 3.63) is 89.2 Å². The average molecular weight is 490 g/mol. The van der Waals surface area contributed by atoms with Gasteiger partial charge in [0.15, 0.2) is 11.5 Å². The van der Waals surface area contributed by atoms with E-state index in [0.717, 1.165) is 28.7 Å². The zero-order valence-corrected chi connectivity index (χ0v) is 19.8. The summed E-state index contributed by atoms with van der Waals surface area (Å²) in [5.74, 6) is 0.629. The predicted octanol–water partition coefficient (Wildman–Crippen LogP) is 4.01. The standard InChI is InChI=1S/C27H24FN3O5/c1-30(27(33)19-4-3-5-20(28)12-19)15-26(32)31-23(18-8-11-24-25(13-18)36-16-35-24)14-22(29-31)17-6-9-21(34-2)10-7-17/h3-13,23H,14-16H2,1-2H3/t23-/m1/s1. The van der Waals surface area contributed by atoms with Crippen molar-refractivity contribution < 1.29 is 28.2 Å². The Labute approximate surface area is 207 Å². The van der Waals surface area contributed by atoms with Gasteiger partial charge in [0.1, 0.15) is 18.1 Å². The Hall–Kier alpha value is -4.40. The maximum absolute atomic E-state index is 13.6. The van der Waals surface area contributed by atoms with Crippen molar-refractivity contribution in [1.82, 2.24) is 9.91 Å². The van der Waals surface area contributed by atoms with Gasteiger partial charge in [0.2, 0.25) is 6.79 Å². The topological polar surface area (TPSA) is 80.7 Å². The summed E-state index contributed by atoms with van der Waals surface area (Å²) in [5, 5.41) is 6.06. The summed E-state index contributed by atoms with van der Waals surface area (Å²) >= 11 is 0. The highest BCUT2D eigenvalue weighted by Gasteiger charge is 2.35. The van der Waals surface area contributed by atoms with Gasteiger partial charge in [-0.1, -0.05) is 12.1 Å². The summed E-state index contributed by atoms with van der Waals surface area (Å²) in [4.78, 5) is 27.5. The third-order valence-corrected chi connectivity index (χ3v) is 6.16. The van der Waals surface area contributed by atoms with Crippen LogP contribution < -0.4 is 14.2 Å². The van der Waals surface area contributed by atoms with Gasteiger partial charge < -0.3 is 19.1 Å². The second-order valence-electron chi connectivity index (χ2n) is 8.52. The molecule has 2 aliphatic heterocycles. The highest BCUT2D eigenvalue weighted by molar-refractivity contribution is 6.03. The molecule has 184 valence electrons. The van der Waals surface area contributed by atoms with Crippen LogP contribution in [0.3, 0.4) is 0 Å². The Morgan fingerprint density at radius 1 is 1.08 bits per heavy atom. The van der Waals surface area contributed by atoms with Crippen molar-refractivity contribution in [2.45, 2.75) is 12.5 Å². The normalized spacial score (nSPS) is 16.0. The lowest BCUT2D eigenvalue weighted by Gasteiger charge is -2.25. The van der Waals surface area contributed by atoms with E-state index in [0.29, 0.717) is 17.9 Å². The van der Waals surface area contributed by atoms with E-state index in [-0.39, 0.29) is 24.8 Å². The molecule has 0 aromatic heterocycles. The highest BCUT2D eigenvalue weighted by atomic mass is 19.1. The molecule has 0 fully saturated rings. The fourth-order valence-corrected chi connectivity index (χ4v) is 4.27. The van der Waals surface area contributed by atoms with Crippen molar-refractivity contribution in [1.29, 1.82) is 0 Å². The first-order chi connectivity index (χ1) is 17.4. The number of benzene rings is 3. The lowest BCUT2D eigenvalue weighted by molar-refractivity contribution is -0.133. The number of ether oxygens (including phenoxy) is 3. The molecule has 3 aromatic carbocycles. The van der Waals surface area contributed by atoms with Crippen LogP contribution in [0, 0.1) is 5.82 Å². The molecule has 0 aliphatic carbocycles. The van der Waals surface area contributed by atoms with Crippen LogP contribution in [-0.2, 0) is 4.79 Å². The second-order valence-corrected chi connectivity index (χ2v) is 8.52. The van der Waals surface area contributed by atoms with Crippen LogP contribution in [-0.4, -0.2) is 54.9 Å². The molecule has 36 heavy (non-hydrogen) atoms. The van der Waals surface area contributed by atoms with E-state index in [2.05, 4.69) is 5.10 Å². The van der Waals surface area contributed by atoms with Crippen LogP contribution in [0.5, 0.6) is 17.2 Å². The molecule has 5 rings (SSSR count). The summed E-state index contributed by atoms with van der Waals surface area (Å²) in [7, 11) is 3.10. The number of methoxy groups -OCH3 is 1. The van der Waals surface area contributed by atoms with Crippen LogP contribution in [0.25, 0.3) is 0 Å². The number of amides is 2. The van der Waals surface area contributed by atoms with E-state index in [4.69, 9.17) is 14.2 Å². The first-order valence-corrected chi connectivity index (χ1v) is 11.4. The second kappa shape index (κ2) is 9.69. The third-order valence-electron chi connectivity index (χ3n) is 6.16. The number of halogens is 1. The number of likely N-dealkylation sites (N-methyl/N-ethyl adjacent to an activating group) is 1. The third kappa shape index (κ3) is 4.59. The lowest BCUT2D eigenvalue weighted by Crippen LogP contribution is -2.39. The molecule has 3 aromatic rings. The predicted molar refractivity (Wildman–Crippen MR) is 130 cm³/mol. The maximum Gasteiger partial charge on any atom is 0.262 e. The minimum absolute atomic E-state index is 0.146. The molecule has 2 heterocycles. The van der Waals surface area contributed by atoms with E-state index in [1.165, 1.54) is 35.2 Å². The minimum atomic E-state index is -0.517. The Bertz CT molecular complexity index is 1340. The number of fused-ring (bicyclic) bond motifs is 1. The number of rotatable bonds is 6. The first kappa shape index (κ1) is 23.3. The molecule has 0 spiro atoms. The number of nitrogens with zero attached hydrogens (tertiary/aromatic N) is 3. The smallest absolute Gasteiger partial charge is 0.262 e. The molecule has 0 saturated heterocycles. The van der Waals surface area contributed by atoms with E-state index in [1.54, 1.807) is 7.11 Å². The van der Waals surface area contributed by atoms with Crippen LogP contribution in [0.4, 0.5) is 4.39 Å². The maximum atomic E-state index is 13.6. The molecule has 0 bridgehead atoms. The minimum Gasteiger partial charge on any atom is -0.497 e. The van der Waals surface area contributed by atoms with Gasteiger partial charge in [0, 0.05) is 19.0 Å². The van der Waals surface area contributed by atoms with Crippen molar-refractivity contribution in [3.8, 4) is 17.2 Å². The van der Waals surface area contributed by atoms with Gasteiger partial charge >= 0.3 is 0 Å². The van der Waals surface area contributed by atoms with Crippen molar-refractivity contribution in [2.75, 3.05) is 27.5 Å². The van der Waals surface area contributed by atoms with Gasteiger partial charge in [-0.2, -0.15) is 5.10 Å². The summed E-state index contributed by atoms with van der Waals surface area (Å²) in [6, 6.07) is 18.0. The van der Waals surface area contributed by atoms with Crippen LogP contribution in [0.15, 0.2) is 71.8 Å². The fourth-order valence-electron chi connectivity index (χ4n) is 4.27. The summed E-state index contributed by atoms with van der Waals surface area (Å²) in [5.41, 5.74) is 2.59. The van der Waals surface area contributed by atoms with Crippen molar-refractivity contribution in [2.24, 2.45) is 5.10 Å². The fraction of sp³-hybridized carbons (Fsp3) is 0.222. The molecule has 0 saturated carbocycles. The summed E-state index contributed by atoms with van der Waals surface area (Å²) < 4.78 is 29.8. The van der Waals surface area contributed by atoms with E-state index < -0.39 is 17.8 Å². The molecule has 0 N–H and O–H groups in total. The van der Waals surface area contributed by atoms with Gasteiger partial charge in [0.25, 0.3) is 11.8 Å². The molecule has 0 unspecified atom stereocenters. The quantitative estimate of drug-likeness (QED) is 0.523. The number of hydrogen-bond acceptors (Lipinski definition) is 6. The number of carbonyl (C=O) groups is 2. The molecular formula is C27H24FN3O5. The highest BCUT2D eigenvalue weighted by Crippen LogP contribution is 2.39. The van der Waals surface area contributed by atoms with Crippen LogP contribution >= 0.6 is 0 Å². The number of hydrazone groups is 1. The molecule has 2 aliphatic rings. The zero-order chi connectivity index (χ0) is 25.2. The van der Waals surface area contributed by atoms with E-state index in [1.807, 2.05) is 42.5 Å². The molecule has 2 amide bonds. The van der Waals surface area contributed by atoms with Crippen LogP contribution in [0.2, 0.25) is 0 Å². The van der Waals surface area contributed by atoms with E-state index in [9.17, 15) is 14.0 Å². The van der Waals surface area contributed by atoms with Gasteiger partial charge in [0.05, 0.1) is 18.9 Å². The Morgan fingerprint density at radius 3 is 2.61 bits per heavy atom. The van der Waals surface area contributed by atoms with E-state index >= 15 is 0 Å². The number of hydrogen-bond donors (Lipinski definition) is 0. The van der Waals surface area contributed by atoms with Gasteiger partial charge in [-0.05, 0) is 65.7 Å². The zero-order valence-electron chi connectivity index (χ0n) is 19.8. The largest absolute Gasteiger partial charge is 0.497 e. The van der Waals surface area contributed by atoms with Crippen LogP contribution in [0.1, 0.15) is 33.9 Å². The Morgan fingerprint density at radius 2 is 1.86 bits per heavy atom. The van der Waals surface area contributed by atoms with Gasteiger partial charge in [-0.3, -0.25) is 9.59 Å². The van der Waals surface area contributed by atoms with Gasteiger partial charge in [-0.25, -0.2) is 9.40 Å². The van der Waals surface area contributed by atoms with Crippen molar-refractivity contribution in [3.63, 3.8) is 0 Å². The SMILES string of the molecule is COc1ccc(C2=NN(C(=O)CN(C)C(=O)c3cccc(F)c3)[C@@H](c3ccc4c(c3)OCO4)C2)cc1. The number of carbonyl (C=O) groups excluding carboxylic acids is 2. The molecular weight excluding hydrogens is 465 g/mol. The first-order valence-electron chi connectivity index (χ1n) is 11.4. The summed E-state index contributed by atoms with van der Waals surface area (Å²) in [6.07, 6.45) is 0.471.